The molecule has 3 rings (SSSR count). The fraction of sp³-hybridized carbons (Fsp3) is 0.455. The van der Waals surface area contributed by atoms with Crippen molar-refractivity contribution in [2.45, 2.75) is 65.5 Å². The van der Waals surface area contributed by atoms with Crippen molar-refractivity contribution < 1.29 is 0 Å². The van der Waals surface area contributed by atoms with E-state index in [2.05, 4.69) is 74.7 Å². The summed E-state index contributed by atoms with van der Waals surface area (Å²) in [6.45, 7) is 8.68. The molecule has 2 N–H and O–H groups in total. The van der Waals surface area contributed by atoms with Gasteiger partial charge in [-0.3, -0.25) is 0 Å². The van der Waals surface area contributed by atoms with Gasteiger partial charge in [-0.2, -0.15) is 0 Å². The molecule has 0 amide bonds. The number of aryl methyl sites for hydroxylation is 4. The normalized spacial score (nSPS) is 20.7. The maximum absolute atomic E-state index is 3.80. The first-order valence-corrected chi connectivity index (χ1v) is 9.19. The number of rotatable bonds is 4. The molecule has 0 radical (unpaired) electrons. The van der Waals surface area contributed by atoms with E-state index in [1.54, 1.807) is 0 Å². The molecule has 0 aromatic heterocycles. The Bertz CT molecular complexity index is 603. The maximum atomic E-state index is 3.80. The zero-order chi connectivity index (χ0) is 17.1. The van der Waals surface area contributed by atoms with Crippen molar-refractivity contribution in [2.24, 2.45) is 0 Å². The summed E-state index contributed by atoms with van der Waals surface area (Å²) < 4.78 is 0. The van der Waals surface area contributed by atoms with Gasteiger partial charge in [0.1, 0.15) is 0 Å². The van der Waals surface area contributed by atoms with Gasteiger partial charge in [-0.25, -0.2) is 0 Å². The third-order valence-corrected chi connectivity index (χ3v) is 4.91. The van der Waals surface area contributed by atoms with Gasteiger partial charge in [0.15, 0.2) is 0 Å². The maximum Gasteiger partial charge on any atom is 0.0462 e. The van der Waals surface area contributed by atoms with Crippen molar-refractivity contribution >= 4 is 11.4 Å². The number of benzene rings is 2. The van der Waals surface area contributed by atoms with Crippen LogP contribution in [0.4, 0.5) is 11.4 Å². The summed E-state index contributed by atoms with van der Waals surface area (Å²) >= 11 is 0. The third kappa shape index (κ3) is 4.31. The zero-order valence-corrected chi connectivity index (χ0v) is 15.4. The standard InChI is InChI=1S/C22H30N2/c1-15-9-16(2)12-19(11-15)23-21-7-5-6-8-22(21)24-20-13-17(3)10-18(4)14-20/h9-14,21-24H,5-8H2,1-4H3/t21-,22-/m1/s1. The molecular formula is C22H30N2. The van der Waals surface area contributed by atoms with Crippen LogP contribution in [0.25, 0.3) is 0 Å². The Balaban J connectivity index is 1.75. The van der Waals surface area contributed by atoms with Crippen molar-refractivity contribution in [1.82, 2.24) is 0 Å². The van der Waals surface area contributed by atoms with Crippen LogP contribution in [-0.2, 0) is 0 Å². The molecule has 0 spiro atoms. The first-order valence-electron chi connectivity index (χ1n) is 9.19. The minimum Gasteiger partial charge on any atom is -0.380 e. The SMILES string of the molecule is Cc1cc(C)cc(N[C@@H]2CCCC[C@H]2Nc2cc(C)cc(C)c2)c1. The van der Waals surface area contributed by atoms with Crippen molar-refractivity contribution in [3.63, 3.8) is 0 Å². The van der Waals surface area contributed by atoms with Crippen LogP contribution in [0.1, 0.15) is 47.9 Å². The highest BCUT2D eigenvalue weighted by atomic mass is 15.0. The first-order chi connectivity index (χ1) is 11.5. The highest BCUT2D eigenvalue weighted by molar-refractivity contribution is 5.52. The van der Waals surface area contributed by atoms with Gasteiger partial charge in [-0.1, -0.05) is 25.0 Å². The Morgan fingerprint density at radius 2 is 0.917 bits per heavy atom. The Morgan fingerprint density at radius 1 is 0.583 bits per heavy atom. The van der Waals surface area contributed by atoms with Gasteiger partial charge in [0.2, 0.25) is 0 Å². The van der Waals surface area contributed by atoms with Crippen LogP contribution in [0.15, 0.2) is 36.4 Å². The Labute approximate surface area is 146 Å². The monoisotopic (exact) mass is 322 g/mol. The topological polar surface area (TPSA) is 24.1 Å². The number of hydrogen-bond donors (Lipinski definition) is 2. The molecule has 0 saturated heterocycles. The smallest absolute Gasteiger partial charge is 0.0462 e. The van der Waals surface area contributed by atoms with E-state index in [-0.39, 0.29) is 0 Å². The third-order valence-electron chi connectivity index (χ3n) is 4.91. The van der Waals surface area contributed by atoms with Crippen LogP contribution >= 0.6 is 0 Å². The largest absolute Gasteiger partial charge is 0.380 e. The Kier molecular flexibility index (Phi) is 5.13. The molecule has 2 aromatic rings. The van der Waals surface area contributed by atoms with E-state index in [0.717, 1.165) is 0 Å². The average Bonchev–Trinajstić information content (AvgIpc) is 2.47. The summed E-state index contributed by atoms with van der Waals surface area (Å²) in [7, 11) is 0. The molecule has 2 nitrogen and oxygen atoms in total. The van der Waals surface area contributed by atoms with E-state index < -0.39 is 0 Å². The minimum atomic E-state index is 0.487. The van der Waals surface area contributed by atoms with Crippen molar-refractivity contribution in [1.29, 1.82) is 0 Å². The molecule has 0 unspecified atom stereocenters. The second-order valence-electron chi connectivity index (χ2n) is 7.54. The van der Waals surface area contributed by atoms with E-state index in [1.807, 2.05) is 0 Å². The predicted octanol–water partition coefficient (Wildman–Crippen LogP) is 5.76. The molecule has 0 heterocycles. The molecule has 1 aliphatic rings. The van der Waals surface area contributed by atoms with Crippen LogP contribution in [-0.4, -0.2) is 12.1 Å². The van der Waals surface area contributed by atoms with Gasteiger partial charge in [0.25, 0.3) is 0 Å². The summed E-state index contributed by atoms with van der Waals surface area (Å²) in [5.41, 5.74) is 7.82. The van der Waals surface area contributed by atoms with Crippen LogP contribution in [0.5, 0.6) is 0 Å². The van der Waals surface area contributed by atoms with Gasteiger partial charge in [0.05, 0.1) is 0 Å². The van der Waals surface area contributed by atoms with Crippen LogP contribution in [0.2, 0.25) is 0 Å². The molecule has 24 heavy (non-hydrogen) atoms. The van der Waals surface area contributed by atoms with Crippen molar-refractivity contribution in [3.05, 3.63) is 58.7 Å². The van der Waals surface area contributed by atoms with E-state index >= 15 is 0 Å². The number of anilines is 2. The quantitative estimate of drug-likeness (QED) is 0.748. The van der Waals surface area contributed by atoms with Gasteiger partial charge in [0, 0.05) is 23.5 Å². The summed E-state index contributed by atoms with van der Waals surface area (Å²) in [6, 6.07) is 14.5. The van der Waals surface area contributed by atoms with Crippen molar-refractivity contribution in [3.8, 4) is 0 Å². The zero-order valence-electron chi connectivity index (χ0n) is 15.4. The summed E-state index contributed by atoms with van der Waals surface area (Å²) in [4.78, 5) is 0. The minimum absolute atomic E-state index is 0.487. The molecule has 0 bridgehead atoms. The van der Waals surface area contributed by atoms with E-state index in [4.69, 9.17) is 0 Å². The van der Waals surface area contributed by atoms with Gasteiger partial charge in [-0.05, 0) is 87.1 Å². The van der Waals surface area contributed by atoms with Crippen LogP contribution < -0.4 is 10.6 Å². The fourth-order valence-corrected chi connectivity index (χ4v) is 4.02. The van der Waals surface area contributed by atoms with Crippen LogP contribution in [0.3, 0.4) is 0 Å². The highest BCUT2D eigenvalue weighted by Gasteiger charge is 2.25. The molecule has 1 fully saturated rings. The molecule has 128 valence electrons. The Morgan fingerprint density at radius 3 is 1.25 bits per heavy atom. The Hall–Kier alpha value is -1.96. The van der Waals surface area contributed by atoms with Gasteiger partial charge in [-0.15, -0.1) is 0 Å². The molecule has 0 aliphatic heterocycles. The number of hydrogen-bond acceptors (Lipinski definition) is 2. The molecular weight excluding hydrogens is 292 g/mol. The molecule has 1 saturated carbocycles. The van der Waals surface area contributed by atoms with Crippen LogP contribution in [0, 0.1) is 27.7 Å². The van der Waals surface area contributed by atoms with Crippen molar-refractivity contribution in [2.75, 3.05) is 10.6 Å². The summed E-state index contributed by atoms with van der Waals surface area (Å²) in [5.74, 6) is 0. The predicted molar refractivity (Wildman–Crippen MR) is 105 cm³/mol. The summed E-state index contributed by atoms with van der Waals surface area (Å²) in [6.07, 6.45) is 5.09. The molecule has 2 heteroatoms. The second-order valence-corrected chi connectivity index (χ2v) is 7.54. The van der Waals surface area contributed by atoms with Gasteiger partial charge >= 0.3 is 0 Å². The lowest BCUT2D eigenvalue weighted by molar-refractivity contribution is 0.424. The van der Waals surface area contributed by atoms with Gasteiger partial charge < -0.3 is 10.6 Å². The second kappa shape index (κ2) is 7.29. The molecule has 2 atom stereocenters. The lowest BCUT2D eigenvalue weighted by Gasteiger charge is -2.34. The first kappa shape index (κ1) is 16.9. The number of nitrogens with one attached hydrogen (secondary N) is 2. The lowest BCUT2D eigenvalue weighted by Crippen LogP contribution is -2.41. The summed E-state index contributed by atoms with van der Waals surface area (Å²) in [5, 5.41) is 7.60. The molecule has 1 aliphatic carbocycles. The average molecular weight is 322 g/mol. The van der Waals surface area contributed by atoms with E-state index in [1.165, 1.54) is 59.3 Å². The van der Waals surface area contributed by atoms with E-state index in [0.29, 0.717) is 12.1 Å². The van der Waals surface area contributed by atoms with E-state index in [9.17, 15) is 0 Å². The fourth-order valence-electron chi connectivity index (χ4n) is 4.02. The lowest BCUT2D eigenvalue weighted by atomic mass is 9.89. The highest BCUT2D eigenvalue weighted by Crippen LogP contribution is 2.27. The molecule has 2 aromatic carbocycles.